The summed E-state index contributed by atoms with van der Waals surface area (Å²) in [4.78, 5) is 0.398. The van der Waals surface area contributed by atoms with E-state index in [0.29, 0.717) is 4.90 Å². The van der Waals surface area contributed by atoms with Gasteiger partial charge in [0.25, 0.3) is 0 Å². The lowest BCUT2D eigenvalue weighted by Gasteiger charge is -1.99. The minimum Gasteiger partial charge on any atom is -0.206 e. The molecule has 1 aromatic carbocycles. The maximum absolute atomic E-state index is 12.7. The van der Waals surface area contributed by atoms with Crippen LogP contribution in [0.15, 0.2) is 21.5 Å². The fourth-order valence-electron chi connectivity index (χ4n) is 0.516. The molecule has 4 heteroatoms. The Morgan fingerprint density at radius 3 is 2.60 bits per heavy atom. The van der Waals surface area contributed by atoms with Crippen molar-refractivity contribution < 1.29 is 4.39 Å². The molecule has 0 saturated heterocycles. The average Bonchev–Trinajstić information content (AvgIpc) is 1.93. The van der Waals surface area contributed by atoms with Crippen molar-refractivity contribution in [1.29, 1.82) is 0 Å². The molecule has 0 unspecified atom stereocenters. The maximum Gasteiger partial charge on any atom is 0.137 e. The summed E-state index contributed by atoms with van der Waals surface area (Å²) < 4.78 is 14.3. The van der Waals surface area contributed by atoms with Gasteiger partial charge in [-0.05, 0) is 50.7 Å². The standard InChI is InChI=1S/C6H3BrFIS/c7-3-1-2-4(8)6(10)5(3)9/h1-2,10H. The van der Waals surface area contributed by atoms with Crippen LogP contribution in [0.5, 0.6) is 0 Å². The van der Waals surface area contributed by atoms with Crippen molar-refractivity contribution in [3.8, 4) is 0 Å². The first-order valence-corrected chi connectivity index (χ1v) is 4.77. The second-order valence-corrected chi connectivity index (χ2v) is 4.07. The SMILES string of the molecule is Fc1ccc(Br)c(I)c1S. The molecule has 0 aliphatic carbocycles. The van der Waals surface area contributed by atoms with E-state index < -0.39 is 0 Å². The Labute approximate surface area is 85.9 Å². The highest BCUT2D eigenvalue weighted by molar-refractivity contribution is 14.1. The number of halogens is 3. The van der Waals surface area contributed by atoms with Crippen molar-refractivity contribution >= 4 is 51.1 Å². The Balaban J connectivity index is 3.34. The zero-order valence-corrected chi connectivity index (χ0v) is 9.37. The number of benzene rings is 1. The van der Waals surface area contributed by atoms with E-state index in [-0.39, 0.29) is 5.82 Å². The average molecular weight is 333 g/mol. The first-order chi connectivity index (χ1) is 4.63. The van der Waals surface area contributed by atoms with Gasteiger partial charge in [0.05, 0.1) is 4.90 Å². The van der Waals surface area contributed by atoms with Crippen LogP contribution in [0.2, 0.25) is 0 Å². The van der Waals surface area contributed by atoms with E-state index in [1.165, 1.54) is 6.07 Å². The molecule has 0 radical (unpaired) electrons. The molecule has 0 N–H and O–H groups in total. The summed E-state index contributed by atoms with van der Waals surface area (Å²) in [7, 11) is 0. The van der Waals surface area contributed by atoms with Crippen LogP contribution in [0.4, 0.5) is 4.39 Å². The fraction of sp³-hybridized carbons (Fsp3) is 0. The minimum absolute atomic E-state index is 0.282. The lowest BCUT2D eigenvalue weighted by atomic mass is 10.3. The van der Waals surface area contributed by atoms with Crippen LogP contribution in [0.1, 0.15) is 0 Å². The zero-order valence-electron chi connectivity index (χ0n) is 4.74. The molecule has 1 aromatic rings. The van der Waals surface area contributed by atoms with Crippen LogP contribution in [-0.2, 0) is 0 Å². The second kappa shape index (κ2) is 3.40. The van der Waals surface area contributed by atoms with Crippen LogP contribution in [0, 0.1) is 9.39 Å². The minimum atomic E-state index is -0.282. The first-order valence-electron chi connectivity index (χ1n) is 2.45. The molecular weight excluding hydrogens is 330 g/mol. The predicted molar refractivity (Wildman–Crippen MR) is 54.1 cm³/mol. The zero-order chi connectivity index (χ0) is 7.72. The molecule has 54 valence electrons. The lowest BCUT2D eigenvalue weighted by molar-refractivity contribution is 0.600. The molecule has 0 aliphatic heterocycles. The summed E-state index contributed by atoms with van der Waals surface area (Å²) in [6.07, 6.45) is 0. The molecular formula is C6H3BrFIS. The third-order valence-corrected chi connectivity index (χ3v) is 4.41. The lowest BCUT2D eigenvalue weighted by Crippen LogP contribution is -1.82. The first kappa shape index (κ1) is 8.80. The molecule has 0 amide bonds. The molecule has 0 aromatic heterocycles. The van der Waals surface area contributed by atoms with E-state index in [4.69, 9.17) is 0 Å². The van der Waals surface area contributed by atoms with Crippen LogP contribution >= 0.6 is 51.1 Å². The molecule has 0 aliphatic rings. The van der Waals surface area contributed by atoms with E-state index in [0.717, 1.165) is 8.04 Å². The molecule has 0 saturated carbocycles. The Kier molecular flexibility index (Phi) is 3.00. The third kappa shape index (κ3) is 1.65. The normalized spacial score (nSPS) is 10.0. The van der Waals surface area contributed by atoms with Crippen LogP contribution in [0.25, 0.3) is 0 Å². The summed E-state index contributed by atoms with van der Waals surface area (Å²) in [5.74, 6) is -0.282. The largest absolute Gasteiger partial charge is 0.206 e. The fourth-order valence-corrected chi connectivity index (χ4v) is 1.63. The highest BCUT2D eigenvalue weighted by Gasteiger charge is 2.04. The molecule has 0 bridgehead atoms. The van der Waals surface area contributed by atoms with Gasteiger partial charge in [0.1, 0.15) is 5.82 Å². The van der Waals surface area contributed by atoms with Crippen molar-refractivity contribution in [2.75, 3.05) is 0 Å². The van der Waals surface area contributed by atoms with E-state index in [1.807, 2.05) is 22.6 Å². The molecule has 0 heterocycles. The number of hydrogen-bond donors (Lipinski definition) is 1. The molecule has 0 nitrogen and oxygen atoms in total. The Bertz CT molecular complexity index is 237. The van der Waals surface area contributed by atoms with Crippen molar-refractivity contribution in [2.45, 2.75) is 4.90 Å². The summed E-state index contributed by atoms with van der Waals surface area (Å²) in [6, 6.07) is 3.05. The quantitative estimate of drug-likeness (QED) is 0.420. The monoisotopic (exact) mass is 332 g/mol. The molecule has 1 rings (SSSR count). The summed E-state index contributed by atoms with van der Waals surface area (Å²) in [5.41, 5.74) is 0. The van der Waals surface area contributed by atoms with Gasteiger partial charge >= 0.3 is 0 Å². The van der Waals surface area contributed by atoms with E-state index in [2.05, 4.69) is 28.6 Å². The van der Waals surface area contributed by atoms with Gasteiger partial charge in [0.15, 0.2) is 0 Å². The highest BCUT2D eigenvalue weighted by atomic mass is 127. The predicted octanol–water partition coefficient (Wildman–Crippen LogP) is 3.48. The van der Waals surface area contributed by atoms with Crippen LogP contribution in [0.3, 0.4) is 0 Å². The van der Waals surface area contributed by atoms with Crippen molar-refractivity contribution in [3.05, 3.63) is 26.0 Å². The topological polar surface area (TPSA) is 0 Å². The Morgan fingerprint density at radius 1 is 1.50 bits per heavy atom. The van der Waals surface area contributed by atoms with Gasteiger partial charge in [0, 0.05) is 8.04 Å². The number of hydrogen-bond acceptors (Lipinski definition) is 1. The van der Waals surface area contributed by atoms with Crippen molar-refractivity contribution in [1.82, 2.24) is 0 Å². The molecule has 10 heavy (non-hydrogen) atoms. The third-order valence-electron chi connectivity index (χ3n) is 1.02. The van der Waals surface area contributed by atoms with Gasteiger partial charge < -0.3 is 0 Å². The van der Waals surface area contributed by atoms with Gasteiger partial charge in [-0.25, -0.2) is 4.39 Å². The van der Waals surface area contributed by atoms with E-state index in [9.17, 15) is 4.39 Å². The van der Waals surface area contributed by atoms with Crippen molar-refractivity contribution in [2.24, 2.45) is 0 Å². The maximum atomic E-state index is 12.7. The van der Waals surface area contributed by atoms with Crippen LogP contribution in [-0.4, -0.2) is 0 Å². The smallest absolute Gasteiger partial charge is 0.137 e. The molecule has 0 spiro atoms. The van der Waals surface area contributed by atoms with E-state index >= 15 is 0 Å². The van der Waals surface area contributed by atoms with Crippen LogP contribution < -0.4 is 0 Å². The van der Waals surface area contributed by atoms with Gasteiger partial charge in [-0.2, -0.15) is 0 Å². The summed E-state index contributed by atoms with van der Waals surface area (Å²) in [6.45, 7) is 0. The van der Waals surface area contributed by atoms with Gasteiger partial charge in [-0.15, -0.1) is 12.6 Å². The van der Waals surface area contributed by atoms with Gasteiger partial charge in [-0.3, -0.25) is 0 Å². The summed E-state index contributed by atoms with van der Waals surface area (Å²) in [5, 5.41) is 0. The summed E-state index contributed by atoms with van der Waals surface area (Å²) >= 11 is 9.26. The van der Waals surface area contributed by atoms with E-state index in [1.54, 1.807) is 6.07 Å². The molecule has 0 fully saturated rings. The van der Waals surface area contributed by atoms with Gasteiger partial charge in [0.2, 0.25) is 0 Å². The highest BCUT2D eigenvalue weighted by Crippen LogP contribution is 2.27. The second-order valence-electron chi connectivity index (χ2n) is 1.69. The molecule has 0 atom stereocenters. The van der Waals surface area contributed by atoms with Crippen molar-refractivity contribution in [3.63, 3.8) is 0 Å². The Morgan fingerprint density at radius 2 is 2.10 bits per heavy atom. The Hall–Kier alpha value is 0.710. The number of rotatable bonds is 0. The van der Waals surface area contributed by atoms with Gasteiger partial charge in [-0.1, -0.05) is 0 Å². The number of thiol groups is 1.